The number of fused-ring (bicyclic) bond motifs is 1. The van der Waals surface area contributed by atoms with Crippen LogP contribution >= 0.6 is 11.6 Å². The van der Waals surface area contributed by atoms with Crippen molar-refractivity contribution < 1.29 is 9.53 Å². The SMILES string of the molecule is CN1CC(Cn2cnc3cccc(Cl)c3c2=O)OCC1=O. The lowest BCUT2D eigenvalue weighted by molar-refractivity contribution is -0.147. The number of rotatable bonds is 2. The average molecular weight is 308 g/mol. The predicted octanol–water partition coefficient (Wildman–Crippen LogP) is 0.907. The summed E-state index contributed by atoms with van der Waals surface area (Å²) in [6, 6.07) is 5.17. The molecule has 1 aromatic heterocycles. The van der Waals surface area contributed by atoms with Crippen molar-refractivity contribution in [3.8, 4) is 0 Å². The van der Waals surface area contributed by atoms with Gasteiger partial charge < -0.3 is 9.64 Å². The van der Waals surface area contributed by atoms with E-state index < -0.39 is 0 Å². The van der Waals surface area contributed by atoms with Gasteiger partial charge in [-0.25, -0.2) is 4.98 Å². The van der Waals surface area contributed by atoms with Gasteiger partial charge in [0.2, 0.25) is 5.91 Å². The van der Waals surface area contributed by atoms with Gasteiger partial charge >= 0.3 is 0 Å². The van der Waals surface area contributed by atoms with E-state index in [9.17, 15) is 9.59 Å². The van der Waals surface area contributed by atoms with E-state index in [-0.39, 0.29) is 24.2 Å². The van der Waals surface area contributed by atoms with Crippen LogP contribution in [-0.2, 0) is 16.1 Å². The lowest BCUT2D eigenvalue weighted by Crippen LogP contribution is -2.46. The Morgan fingerprint density at radius 3 is 3.00 bits per heavy atom. The first-order valence-corrected chi connectivity index (χ1v) is 6.93. The smallest absolute Gasteiger partial charge is 0.262 e. The minimum atomic E-state index is -0.230. The molecule has 2 aromatic rings. The number of hydrogen-bond acceptors (Lipinski definition) is 4. The van der Waals surface area contributed by atoms with Crippen LogP contribution in [0.3, 0.4) is 0 Å². The number of ether oxygens (including phenoxy) is 1. The summed E-state index contributed by atoms with van der Waals surface area (Å²) in [5.41, 5.74) is 0.370. The van der Waals surface area contributed by atoms with Gasteiger partial charge in [0.05, 0.1) is 34.9 Å². The zero-order chi connectivity index (χ0) is 15.0. The van der Waals surface area contributed by atoms with Crippen molar-refractivity contribution in [3.63, 3.8) is 0 Å². The molecular formula is C14H14ClN3O3. The minimum absolute atomic E-state index is 0.0394. The first kappa shape index (κ1) is 14.0. The van der Waals surface area contributed by atoms with E-state index in [1.54, 1.807) is 30.1 Å². The van der Waals surface area contributed by atoms with Crippen LogP contribution in [0.15, 0.2) is 29.3 Å². The first-order valence-electron chi connectivity index (χ1n) is 6.55. The molecule has 0 spiro atoms. The van der Waals surface area contributed by atoms with Gasteiger partial charge in [-0.15, -0.1) is 0 Å². The number of aromatic nitrogens is 2. The number of halogens is 1. The number of carbonyl (C=O) groups is 1. The number of benzene rings is 1. The maximum Gasteiger partial charge on any atom is 0.262 e. The van der Waals surface area contributed by atoms with Gasteiger partial charge in [-0.2, -0.15) is 0 Å². The summed E-state index contributed by atoms with van der Waals surface area (Å²) in [5, 5.41) is 0.790. The van der Waals surface area contributed by atoms with E-state index in [4.69, 9.17) is 16.3 Å². The molecule has 1 fully saturated rings. The summed E-state index contributed by atoms with van der Waals surface area (Å²) in [6.07, 6.45) is 1.26. The van der Waals surface area contributed by atoms with Crippen molar-refractivity contribution in [1.29, 1.82) is 0 Å². The topological polar surface area (TPSA) is 64.4 Å². The van der Waals surface area contributed by atoms with Crippen LogP contribution in [0.5, 0.6) is 0 Å². The zero-order valence-corrected chi connectivity index (χ0v) is 12.2. The first-order chi connectivity index (χ1) is 10.1. The molecule has 110 valence electrons. The van der Waals surface area contributed by atoms with E-state index in [1.807, 2.05) is 0 Å². The highest BCUT2D eigenvalue weighted by atomic mass is 35.5. The molecular weight excluding hydrogens is 294 g/mol. The van der Waals surface area contributed by atoms with Crippen molar-refractivity contribution in [2.75, 3.05) is 20.2 Å². The second-order valence-corrected chi connectivity index (χ2v) is 5.45. The normalized spacial score (nSPS) is 19.2. The third kappa shape index (κ3) is 2.64. The highest BCUT2D eigenvalue weighted by Crippen LogP contribution is 2.17. The fourth-order valence-corrected chi connectivity index (χ4v) is 2.63. The lowest BCUT2D eigenvalue weighted by Gasteiger charge is -2.30. The summed E-state index contributed by atoms with van der Waals surface area (Å²) in [6.45, 7) is 0.828. The molecule has 1 atom stereocenters. The van der Waals surface area contributed by atoms with Crippen LogP contribution in [0.25, 0.3) is 10.9 Å². The van der Waals surface area contributed by atoms with Crippen molar-refractivity contribution in [2.24, 2.45) is 0 Å². The van der Waals surface area contributed by atoms with Crippen LogP contribution in [0.4, 0.5) is 0 Å². The van der Waals surface area contributed by atoms with Gasteiger partial charge in [0.25, 0.3) is 5.56 Å². The van der Waals surface area contributed by atoms with Gasteiger partial charge in [-0.3, -0.25) is 14.2 Å². The number of morpholine rings is 1. The molecule has 1 aliphatic heterocycles. The molecule has 6 nitrogen and oxygen atoms in total. The van der Waals surface area contributed by atoms with Gasteiger partial charge in [0.1, 0.15) is 6.61 Å². The van der Waals surface area contributed by atoms with Crippen molar-refractivity contribution >= 4 is 28.4 Å². The highest BCUT2D eigenvalue weighted by Gasteiger charge is 2.24. The Morgan fingerprint density at radius 1 is 1.43 bits per heavy atom. The van der Waals surface area contributed by atoms with Crippen LogP contribution in [0.1, 0.15) is 0 Å². The summed E-state index contributed by atoms with van der Waals surface area (Å²) < 4.78 is 6.92. The van der Waals surface area contributed by atoms with E-state index in [2.05, 4.69) is 4.98 Å². The summed E-state index contributed by atoms with van der Waals surface area (Å²) in [5.74, 6) is -0.0572. The molecule has 2 heterocycles. The van der Waals surface area contributed by atoms with Crippen LogP contribution < -0.4 is 5.56 Å². The Bertz CT molecular complexity index is 759. The average Bonchev–Trinajstić information content (AvgIpc) is 2.46. The third-order valence-corrected chi connectivity index (χ3v) is 3.86. The fourth-order valence-electron chi connectivity index (χ4n) is 2.38. The van der Waals surface area contributed by atoms with E-state index >= 15 is 0 Å². The van der Waals surface area contributed by atoms with Crippen molar-refractivity contribution in [2.45, 2.75) is 12.6 Å². The second-order valence-electron chi connectivity index (χ2n) is 5.04. The monoisotopic (exact) mass is 307 g/mol. The lowest BCUT2D eigenvalue weighted by atomic mass is 10.2. The highest BCUT2D eigenvalue weighted by molar-refractivity contribution is 6.35. The molecule has 1 saturated heterocycles. The molecule has 3 rings (SSSR count). The Kier molecular flexibility index (Phi) is 3.65. The van der Waals surface area contributed by atoms with Crippen molar-refractivity contribution in [3.05, 3.63) is 39.9 Å². The Hall–Kier alpha value is -1.92. The summed E-state index contributed by atoms with van der Waals surface area (Å²) in [4.78, 5) is 29.7. The van der Waals surface area contributed by atoms with Crippen LogP contribution in [0, 0.1) is 0 Å². The second kappa shape index (κ2) is 5.46. The number of hydrogen-bond donors (Lipinski definition) is 0. The Labute approximate surface area is 125 Å². The van der Waals surface area contributed by atoms with Crippen LogP contribution in [0.2, 0.25) is 5.02 Å². The maximum absolute atomic E-state index is 12.5. The summed E-state index contributed by atoms with van der Waals surface area (Å²) >= 11 is 6.08. The van der Waals surface area contributed by atoms with Gasteiger partial charge in [0.15, 0.2) is 0 Å². The molecule has 0 aliphatic carbocycles. The molecule has 0 N–H and O–H groups in total. The molecule has 7 heteroatoms. The number of nitrogens with zero attached hydrogens (tertiary/aromatic N) is 3. The minimum Gasteiger partial charge on any atom is -0.365 e. The van der Waals surface area contributed by atoms with Gasteiger partial charge in [-0.05, 0) is 12.1 Å². The number of amides is 1. The third-order valence-electron chi connectivity index (χ3n) is 3.55. The van der Waals surface area contributed by atoms with Crippen molar-refractivity contribution in [1.82, 2.24) is 14.5 Å². The zero-order valence-electron chi connectivity index (χ0n) is 11.5. The molecule has 0 saturated carbocycles. The molecule has 1 aliphatic rings. The van der Waals surface area contributed by atoms with Gasteiger partial charge in [0, 0.05) is 13.6 Å². The van der Waals surface area contributed by atoms with E-state index in [0.717, 1.165) is 0 Å². The summed E-state index contributed by atoms with van der Waals surface area (Å²) in [7, 11) is 1.72. The molecule has 1 unspecified atom stereocenters. The number of likely N-dealkylation sites (N-methyl/N-ethyl adjacent to an activating group) is 1. The predicted molar refractivity (Wildman–Crippen MR) is 78.4 cm³/mol. The quantitative estimate of drug-likeness (QED) is 0.827. The Morgan fingerprint density at radius 2 is 2.24 bits per heavy atom. The molecule has 1 amide bonds. The maximum atomic E-state index is 12.5. The molecule has 0 radical (unpaired) electrons. The standard InChI is InChI=1S/C14H14ClN3O3/c1-17-5-9(21-7-12(17)19)6-18-8-16-11-4-2-3-10(15)13(11)14(18)20/h2-4,8-9H,5-7H2,1H3. The van der Waals surface area contributed by atoms with Crippen LogP contribution in [-0.4, -0.2) is 46.7 Å². The van der Waals surface area contributed by atoms with E-state index in [1.165, 1.54) is 10.9 Å². The van der Waals surface area contributed by atoms with Gasteiger partial charge in [-0.1, -0.05) is 17.7 Å². The largest absolute Gasteiger partial charge is 0.365 e. The molecule has 1 aromatic carbocycles. The fraction of sp³-hybridized carbons (Fsp3) is 0.357. The molecule has 0 bridgehead atoms. The Balaban J connectivity index is 1.91. The van der Waals surface area contributed by atoms with E-state index in [0.29, 0.717) is 29.0 Å². The molecule has 21 heavy (non-hydrogen) atoms. The number of carbonyl (C=O) groups excluding carboxylic acids is 1.